The Morgan fingerprint density at radius 3 is 2.79 bits per heavy atom. The number of rotatable bonds is 3. The zero-order chi connectivity index (χ0) is 10.1. The summed E-state index contributed by atoms with van der Waals surface area (Å²) in [5.41, 5.74) is 1.05. The first-order chi connectivity index (χ1) is 6.70. The maximum absolute atomic E-state index is 8.95. The quantitative estimate of drug-likeness (QED) is 0.760. The van der Waals surface area contributed by atoms with Gasteiger partial charge < -0.3 is 4.90 Å². The lowest BCUT2D eigenvalue weighted by atomic mass is 10.3. The summed E-state index contributed by atoms with van der Waals surface area (Å²) in [6, 6.07) is 2.25. The first kappa shape index (κ1) is 9.63. The van der Waals surface area contributed by atoms with Gasteiger partial charge in [-0.3, -0.25) is 0 Å². The van der Waals surface area contributed by atoms with E-state index in [-0.39, 0.29) is 0 Å². The smallest absolute Gasteiger partial charge is 0.128 e. The molecule has 1 aliphatic rings. The van der Waals surface area contributed by atoms with Crippen molar-refractivity contribution >= 4 is 11.3 Å². The summed E-state index contributed by atoms with van der Waals surface area (Å²) in [6.07, 6.45) is 2.42. The normalized spacial score (nSPS) is 15.9. The van der Waals surface area contributed by atoms with Gasteiger partial charge in [-0.25, -0.2) is 4.98 Å². The Hall–Kier alpha value is -0.920. The summed E-state index contributed by atoms with van der Waals surface area (Å²) in [7, 11) is 4.04. The standard InChI is InChI=1S/C10H13N3S/c1-13(2)6-9-12-10(7-3-4-7)8(5-11)14-9/h7H,3-4,6H2,1-2H3. The summed E-state index contributed by atoms with van der Waals surface area (Å²) in [4.78, 5) is 7.44. The molecule has 0 aromatic carbocycles. The fourth-order valence-electron chi connectivity index (χ4n) is 1.43. The summed E-state index contributed by atoms with van der Waals surface area (Å²) in [5, 5.41) is 10.0. The lowest BCUT2D eigenvalue weighted by Gasteiger charge is -2.04. The van der Waals surface area contributed by atoms with Crippen LogP contribution in [0.4, 0.5) is 0 Å². The molecule has 74 valence electrons. The van der Waals surface area contributed by atoms with Crippen LogP contribution in [0.15, 0.2) is 0 Å². The van der Waals surface area contributed by atoms with Crippen LogP contribution in [0.5, 0.6) is 0 Å². The number of hydrogen-bond donors (Lipinski definition) is 0. The van der Waals surface area contributed by atoms with Crippen molar-refractivity contribution < 1.29 is 0 Å². The van der Waals surface area contributed by atoms with Crippen molar-refractivity contribution in [1.29, 1.82) is 5.26 Å². The first-order valence-corrected chi connectivity index (χ1v) is 5.56. The van der Waals surface area contributed by atoms with Gasteiger partial charge in [-0.15, -0.1) is 11.3 Å². The van der Waals surface area contributed by atoms with Crippen molar-refractivity contribution in [2.45, 2.75) is 25.3 Å². The number of aromatic nitrogens is 1. The minimum atomic E-state index is 0.580. The van der Waals surface area contributed by atoms with Crippen LogP contribution in [0.2, 0.25) is 0 Å². The summed E-state index contributed by atoms with van der Waals surface area (Å²) >= 11 is 1.54. The average molecular weight is 207 g/mol. The Bertz CT molecular complexity index is 371. The van der Waals surface area contributed by atoms with Crippen LogP contribution < -0.4 is 0 Å². The third-order valence-corrected chi connectivity index (χ3v) is 3.18. The summed E-state index contributed by atoms with van der Waals surface area (Å²) in [6.45, 7) is 0.839. The lowest BCUT2D eigenvalue weighted by Crippen LogP contribution is -2.10. The number of hydrogen-bond acceptors (Lipinski definition) is 4. The SMILES string of the molecule is CN(C)Cc1nc(C2CC2)c(C#N)s1. The molecular weight excluding hydrogens is 194 g/mol. The highest BCUT2D eigenvalue weighted by atomic mass is 32.1. The van der Waals surface area contributed by atoms with Crippen molar-refractivity contribution in [3.63, 3.8) is 0 Å². The fourth-order valence-corrected chi connectivity index (χ4v) is 2.49. The van der Waals surface area contributed by atoms with E-state index in [1.54, 1.807) is 11.3 Å². The predicted octanol–water partition coefficient (Wildman–Crippen LogP) is 1.95. The molecule has 0 amide bonds. The third-order valence-electron chi connectivity index (χ3n) is 2.21. The predicted molar refractivity (Wildman–Crippen MR) is 56.2 cm³/mol. The second-order valence-electron chi connectivity index (χ2n) is 3.95. The van der Waals surface area contributed by atoms with E-state index in [4.69, 9.17) is 5.26 Å². The van der Waals surface area contributed by atoms with Crippen molar-refractivity contribution in [3.8, 4) is 6.07 Å². The molecule has 1 heterocycles. The van der Waals surface area contributed by atoms with Crippen molar-refractivity contribution in [1.82, 2.24) is 9.88 Å². The molecule has 0 aliphatic heterocycles. The van der Waals surface area contributed by atoms with E-state index in [9.17, 15) is 0 Å². The highest BCUT2D eigenvalue weighted by molar-refractivity contribution is 7.12. The van der Waals surface area contributed by atoms with Gasteiger partial charge in [0.2, 0.25) is 0 Å². The van der Waals surface area contributed by atoms with Gasteiger partial charge in [0.15, 0.2) is 0 Å². The molecule has 0 atom stereocenters. The molecule has 0 bridgehead atoms. The van der Waals surface area contributed by atoms with Crippen molar-refractivity contribution in [2.24, 2.45) is 0 Å². The lowest BCUT2D eigenvalue weighted by molar-refractivity contribution is 0.401. The van der Waals surface area contributed by atoms with Gasteiger partial charge in [0.05, 0.1) is 5.69 Å². The van der Waals surface area contributed by atoms with E-state index < -0.39 is 0 Å². The average Bonchev–Trinajstić information content (AvgIpc) is 2.88. The molecule has 14 heavy (non-hydrogen) atoms. The van der Waals surface area contributed by atoms with Gasteiger partial charge in [0.1, 0.15) is 16.0 Å². The molecule has 1 aromatic rings. The maximum atomic E-state index is 8.95. The van der Waals surface area contributed by atoms with E-state index >= 15 is 0 Å². The molecule has 3 nitrogen and oxygen atoms in total. The second-order valence-corrected chi connectivity index (χ2v) is 5.03. The third kappa shape index (κ3) is 1.94. The van der Waals surface area contributed by atoms with Crippen LogP contribution in [0.25, 0.3) is 0 Å². The molecule has 0 N–H and O–H groups in total. The Morgan fingerprint density at radius 1 is 1.57 bits per heavy atom. The Kier molecular flexibility index (Phi) is 2.53. The molecule has 1 fully saturated rings. The maximum Gasteiger partial charge on any atom is 0.128 e. The summed E-state index contributed by atoms with van der Waals surface area (Å²) < 4.78 is 0. The Labute approximate surface area is 88.0 Å². The van der Waals surface area contributed by atoms with E-state index in [0.29, 0.717) is 5.92 Å². The Morgan fingerprint density at radius 2 is 2.29 bits per heavy atom. The van der Waals surface area contributed by atoms with E-state index in [1.807, 2.05) is 14.1 Å². The van der Waals surface area contributed by atoms with Crippen LogP contribution in [0.1, 0.15) is 34.3 Å². The van der Waals surface area contributed by atoms with E-state index in [0.717, 1.165) is 22.1 Å². The minimum Gasteiger partial charge on any atom is -0.303 e. The van der Waals surface area contributed by atoms with Gasteiger partial charge in [0, 0.05) is 12.5 Å². The van der Waals surface area contributed by atoms with Crippen molar-refractivity contribution in [2.75, 3.05) is 14.1 Å². The molecular formula is C10H13N3S. The number of nitriles is 1. The molecule has 1 saturated carbocycles. The molecule has 2 rings (SSSR count). The monoisotopic (exact) mass is 207 g/mol. The summed E-state index contributed by atoms with van der Waals surface area (Å²) in [5.74, 6) is 0.580. The number of thiazole rings is 1. The van der Waals surface area contributed by atoms with Gasteiger partial charge in [-0.2, -0.15) is 5.26 Å². The van der Waals surface area contributed by atoms with Crippen LogP contribution in [-0.4, -0.2) is 24.0 Å². The molecule has 1 aromatic heterocycles. The van der Waals surface area contributed by atoms with Gasteiger partial charge in [-0.05, 0) is 26.9 Å². The van der Waals surface area contributed by atoms with Crippen LogP contribution in [0, 0.1) is 11.3 Å². The topological polar surface area (TPSA) is 39.9 Å². The second kappa shape index (κ2) is 3.68. The zero-order valence-corrected chi connectivity index (χ0v) is 9.27. The minimum absolute atomic E-state index is 0.580. The molecule has 4 heteroatoms. The first-order valence-electron chi connectivity index (χ1n) is 4.75. The van der Waals surface area contributed by atoms with E-state index in [1.165, 1.54) is 12.8 Å². The number of nitrogens with zero attached hydrogens (tertiary/aromatic N) is 3. The zero-order valence-electron chi connectivity index (χ0n) is 8.45. The largest absolute Gasteiger partial charge is 0.303 e. The highest BCUT2D eigenvalue weighted by Gasteiger charge is 2.29. The molecule has 1 aliphatic carbocycles. The van der Waals surface area contributed by atoms with Crippen LogP contribution in [-0.2, 0) is 6.54 Å². The Balaban J connectivity index is 2.23. The van der Waals surface area contributed by atoms with Crippen LogP contribution >= 0.6 is 11.3 Å². The van der Waals surface area contributed by atoms with Gasteiger partial charge in [-0.1, -0.05) is 0 Å². The van der Waals surface area contributed by atoms with Gasteiger partial charge >= 0.3 is 0 Å². The van der Waals surface area contributed by atoms with E-state index in [2.05, 4.69) is 16.0 Å². The van der Waals surface area contributed by atoms with Crippen molar-refractivity contribution in [3.05, 3.63) is 15.6 Å². The van der Waals surface area contributed by atoms with Gasteiger partial charge in [0.25, 0.3) is 0 Å². The van der Waals surface area contributed by atoms with Crippen LogP contribution in [0.3, 0.4) is 0 Å². The molecule has 0 unspecified atom stereocenters. The molecule has 0 spiro atoms. The molecule has 0 saturated heterocycles. The molecule has 0 radical (unpaired) electrons. The fraction of sp³-hybridized carbons (Fsp3) is 0.600. The highest BCUT2D eigenvalue weighted by Crippen LogP contribution is 2.42.